The Morgan fingerprint density at radius 3 is 2.68 bits per heavy atom. The number of amides is 2. The van der Waals surface area contributed by atoms with Gasteiger partial charge in [0.05, 0.1) is 6.54 Å². The molecule has 0 spiro atoms. The minimum Gasteiger partial charge on any atom is -0.353 e. The van der Waals surface area contributed by atoms with Crippen LogP contribution in [0.15, 0.2) is 0 Å². The summed E-state index contributed by atoms with van der Waals surface area (Å²) in [6.45, 7) is 6.24. The first-order chi connectivity index (χ1) is 9.15. The summed E-state index contributed by atoms with van der Waals surface area (Å²) in [5.74, 6) is 0.879. The maximum atomic E-state index is 11.6. The van der Waals surface area contributed by atoms with Crippen molar-refractivity contribution in [2.75, 3.05) is 32.7 Å². The zero-order valence-electron chi connectivity index (χ0n) is 11.8. The number of nitrogens with one attached hydrogen (secondary N) is 2. The molecule has 5 heteroatoms. The Hall–Kier alpha value is -1.10. The molecule has 0 radical (unpaired) electrons. The van der Waals surface area contributed by atoms with E-state index in [1.54, 1.807) is 0 Å². The van der Waals surface area contributed by atoms with E-state index in [1.165, 1.54) is 12.8 Å². The molecule has 19 heavy (non-hydrogen) atoms. The number of nitrogens with zero attached hydrogens (tertiary/aromatic N) is 1. The van der Waals surface area contributed by atoms with Crippen LogP contribution in [0.3, 0.4) is 0 Å². The van der Waals surface area contributed by atoms with Crippen LogP contribution in [0.4, 0.5) is 0 Å². The zero-order chi connectivity index (χ0) is 13.7. The highest BCUT2D eigenvalue weighted by atomic mass is 16.2. The fourth-order valence-corrected chi connectivity index (χ4v) is 2.56. The molecular weight excluding hydrogens is 242 g/mol. The summed E-state index contributed by atoms with van der Waals surface area (Å²) in [6, 6.07) is 0. The molecule has 5 nitrogen and oxygen atoms in total. The van der Waals surface area contributed by atoms with Crippen molar-refractivity contribution in [3.05, 3.63) is 0 Å². The van der Waals surface area contributed by atoms with Gasteiger partial charge in [-0.2, -0.15) is 0 Å². The highest BCUT2D eigenvalue weighted by Crippen LogP contribution is 2.28. The monoisotopic (exact) mass is 267 g/mol. The lowest BCUT2D eigenvalue weighted by Gasteiger charge is -2.30. The molecule has 1 atom stereocenters. The third-order valence-electron chi connectivity index (χ3n) is 3.86. The minimum absolute atomic E-state index is 0.0278. The van der Waals surface area contributed by atoms with Crippen LogP contribution in [0, 0.1) is 11.8 Å². The third kappa shape index (κ3) is 5.19. The van der Waals surface area contributed by atoms with Crippen LogP contribution < -0.4 is 10.6 Å². The second-order valence-electron chi connectivity index (χ2n) is 5.89. The van der Waals surface area contributed by atoms with E-state index in [-0.39, 0.29) is 24.3 Å². The molecule has 1 saturated heterocycles. The van der Waals surface area contributed by atoms with Crippen molar-refractivity contribution in [3.63, 3.8) is 0 Å². The van der Waals surface area contributed by atoms with Crippen molar-refractivity contribution in [1.82, 2.24) is 15.5 Å². The number of piperidine rings is 1. The third-order valence-corrected chi connectivity index (χ3v) is 3.86. The molecule has 2 rings (SSSR count). The van der Waals surface area contributed by atoms with Gasteiger partial charge < -0.3 is 15.5 Å². The van der Waals surface area contributed by atoms with E-state index in [4.69, 9.17) is 0 Å². The number of hydrogen-bond donors (Lipinski definition) is 2. The smallest absolute Gasteiger partial charge is 0.239 e. The van der Waals surface area contributed by atoms with E-state index >= 15 is 0 Å². The SMILES string of the molecule is CC1CCCN(CCNC(=O)CNC(=O)C2CC2)C1. The maximum absolute atomic E-state index is 11.6. The average molecular weight is 267 g/mol. The fraction of sp³-hybridized carbons (Fsp3) is 0.857. The molecule has 2 amide bonds. The summed E-state index contributed by atoms with van der Waals surface area (Å²) in [4.78, 5) is 25.3. The predicted molar refractivity (Wildman–Crippen MR) is 73.6 cm³/mol. The minimum atomic E-state index is -0.0842. The predicted octanol–water partition coefficient (Wildman–Crippen LogP) is 0.361. The lowest BCUT2D eigenvalue weighted by atomic mass is 10.0. The molecule has 0 aromatic rings. The number of carbonyl (C=O) groups is 2. The van der Waals surface area contributed by atoms with Crippen molar-refractivity contribution in [2.45, 2.75) is 32.6 Å². The number of hydrogen-bond acceptors (Lipinski definition) is 3. The highest BCUT2D eigenvalue weighted by molar-refractivity contribution is 5.86. The summed E-state index contributed by atoms with van der Waals surface area (Å²) < 4.78 is 0. The Labute approximate surface area is 115 Å². The second kappa shape index (κ2) is 6.89. The number of carbonyl (C=O) groups excluding carboxylic acids is 2. The second-order valence-corrected chi connectivity index (χ2v) is 5.89. The highest BCUT2D eigenvalue weighted by Gasteiger charge is 2.29. The van der Waals surface area contributed by atoms with Gasteiger partial charge in [0.15, 0.2) is 0 Å². The molecule has 2 fully saturated rings. The van der Waals surface area contributed by atoms with Crippen LogP contribution in [0.1, 0.15) is 32.6 Å². The molecule has 1 aliphatic carbocycles. The average Bonchev–Trinajstić information content (AvgIpc) is 3.20. The zero-order valence-corrected chi connectivity index (χ0v) is 11.8. The molecule has 1 saturated carbocycles. The van der Waals surface area contributed by atoms with Crippen LogP contribution in [0.5, 0.6) is 0 Å². The van der Waals surface area contributed by atoms with Crippen molar-refractivity contribution in [2.24, 2.45) is 11.8 Å². The summed E-state index contributed by atoms with van der Waals surface area (Å²) in [7, 11) is 0. The van der Waals surface area contributed by atoms with Gasteiger partial charge in [0, 0.05) is 25.6 Å². The maximum Gasteiger partial charge on any atom is 0.239 e. The van der Waals surface area contributed by atoms with Gasteiger partial charge in [0.1, 0.15) is 0 Å². The quantitative estimate of drug-likeness (QED) is 0.730. The van der Waals surface area contributed by atoms with E-state index in [2.05, 4.69) is 22.5 Å². The van der Waals surface area contributed by atoms with Gasteiger partial charge in [-0.1, -0.05) is 6.92 Å². The largest absolute Gasteiger partial charge is 0.353 e. The van der Waals surface area contributed by atoms with E-state index < -0.39 is 0 Å². The fourth-order valence-electron chi connectivity index (χ4n) is 2.56. The van der Waals surface area contributed by atoms with E-state index in [0.29, 0.717) is 6.54 Å². The van der Waals surface area contributed by atoms with Crippen molar-refractivity contribution in [1.29, 1.82) is 0 Å². The first-order valence-electron chi connectivity index (χ1n) is 7.42. The van der Waals surface area contributed by atoms with Crippen molar-refractivity contribution >= 4 is 11.8 Å². The molecule has 1 unspecified atom stereocenters. The van der Waals surface area contributed by atoms with Crippen LogP contribution in [-0.4, -0.2) is 49.4 Å². The molecule has 1 heterocycles. The summed E-state index contributed by atoms with van der Waals surface area (Å²) in [5.41, 5.74) is 0. The summed E-state index contributed by atoms with van der Waals surface area (Å²) in [5, 5.41) is 5.54. The first-order valence-corrected chi connectivity index (χ1v) is 7.42. The van der Waals surface area contributed by atoms with Crippen LogP contribution >= 0.6 is 0 Å². The lowest BCUT2D eigenvalue weighted by Crippen LogP contribution is -2.43. The Morgan fingerprint density at radius 1 is 1.21 bits per heavy atom. The van der Waals surface area contributed by atoms with Gasteiger partial charge >= 0.3 is 0 Å². The lowest BCUT2D eigenvalue weighted by molar-refractivity contribution is -0.126. The number of rotatable bonds is 6. The van der Waals surface area contributed by atoms with E-state index in [9.17, 15) is 9.59 Å². The Morgan fingerprint density at radius 2 is 2.00 bits per heavy atom. The molecule has 2 aliphatic rings. The summed E-state index contributed by atoms with van der Waals surface area (Å²) >= 11 is 0. The Kier molecular flexibility index (Phi) is 5.19. The van der Waals surface area contributed by atoms with Gasteiger partial charge in [-0.25, -0.2) is 0 Å². The summed E-state index contributed by atoms with van der Waals surface area (Å²) in [6.07, 6.45) is 4.52. The van der Waals surface area contributed by atoms with E-state index in [1.807, 2.05) is 0 Å². The molecule has 0 bridgehead atoms. The topological polar surface area (TPSA) is 61.4 Å². The first kappa shape index (κ1) is 14.3. The van der Waals surface area contributed by atoms with Crippen molar-refractivity contribution < 1.29 is 9.59 Å². The molecule has 0 aromatic carbocycles. The normalized spacial score (nSPS) is 23.9. The van der Waals surface area contributed by atoms with Gasteiger partial charge in [-0.05, 0) is 38.1 Å². The van der Waals surface area contributed by atoms with Crippen LogP contribution in [0.25, 0.3) is 0 Å². The Bertz CT molecular complexity index is 329. The molecule has 1 aliphatic heterocycles. The van der Waals surface area contributed by atoms with Crippen LogP contribution in [0.2, 0.25) is 0 Å². The molecule has 108 valence electrons. The van der Waals surface area contributed by atoms with Gasteiger partial charge in [0.2, 0.25) is 11.8 Å². The van der Waals surface area contributed by atoms with Crippen molar-refractivity contribution in [3.8, 4) is 0 Å². The standard InChI is InChI=1S/C14H25N3O2/c1-11-3-2-7-17(10-11)8-6-15-13(18)9-16-14(19)12-4-5-12/h11-12H,2-10H2,1H3,(H,15,18)(H,16,19). The van der Waals surface area contributed by atoms with Gasteiger partial charge in [0.25, 0.3) is 0 Å². The number of likely N-dealkylation sites (tertiary alicyclic amines) is 1. The molecule has 0 aromatic heterocycles. The molecule has 2 N–H and O–H groups in total. The van der Waals surface area contributed by atoms with Crippen LogP contribution in [-0.2, 0) is 9.59 Å². The van der Waals surface area contributed by atoms with Gasteiger partial charge in [-0.3, -0.25) is 9.59 Å². The molecular formula is C14H25N3O2. The van der Waals surface area contributed by atoms with E-state index in [0.717, 1.165) is 38.4 Å². The Balaban J connectivity index is 1.52. The van der Waals surface area contributed by atoms with Gasteiger partial charge in [-0.15, -0.1) is 0 Å².